The summed E-state index contributed by atoms with van der Waals surface area (Å²) in [7, 11) is 0. The van der Waals surface area contributed by atoms with E-state index >= 15 is 0 Å². The molecule has 6 heteroatoms. The summed E-state index contributed by atoms with van der Waals surface area (Å²) in [5.41, 5.74) is 11.6. The molecule has 2 aromatic carbocycles. The molecular formula is C15H14N2O3S. The van der Waals surface area contributed by atoms with E-state index in [0.717, 1.165) is 20.9 Å². The molecule has 0 fully saturated rings. The van der Waals surface area contributed by atoms with Crippen molar-refractivity contribution in [1.29, 1.82) is 0 Å². The SMILES string of the molecule is NC(=O)C1c2ccccc2Sc2ccccc21.NC(=O)O. The van der Waals surface area contributed by atoms with E-state index in [1.54, 1.807) is 11.8 Å². The molecule has 2 aromatic rings. The Balaban J connectivity index is 0.000000361. The standard InChI is InChI=1S/C14H11NOS.CH3NO2/c15-14(16)13-9-5-1-3-7-11(9)17-12-8-4-2-6-10(12)13;2-1(3)4/h1-8,13H,(H2,15,16);2H2,(H,3,4). The molecule has 0 aliphatic carbocycles. The second-order valence-corrected chi connectivity index (χ2v) is 5.44. The number of rotatable bonds is 1. The first-order chi connectivity index (χ1) is 10.0. The van der Waals surface area contributed by atoms with Gasteiger partial charge in [0, 0.05) is 9.79 Å². The topological polar surface area (TPSA) is 106 Å². The highest BCUT2D eigenvalue weighted by molar-refractivity contribution is 7.99. The molecule has 0 radical (unpaired) electrons. The molecule has 5 N–H and O–H groups in total. The lowest BCUT2D eigenvalue weighted by Crippen LogP contribution is -2.24. The summed E-state index contributed by atoms with van der Waals surface area (Å²) in [4.78, 5) is 22.7. The van der Waals surface area contributed by atoms with Crippen LogP contribution in [-0.4, -0.2) is 17.1 Å². The normalized spacial score (nSPS) is 12.4. The Kier molecular flexibility index (Phi) is 4.49. The largest absolute Gasteiger partial charge is 0.465 e. The Morgan fingerprint density at radius 1 is 0.905 bits per heavy atom. The third-order valence-electron chi connectivity index (χ3n) is 2.96. The molecule has 5 nitrogen and oxygen atoms in total. The number of amides is 2. The highest BCUT2D eigenvalue weighted by Gasteiger charge is 2.29. The number of hydrogen-bond donors (Lipinski definition) is 3. The maximum Gasteiger partial charge on any atom is 0.402 e. The van der Waals surface area contributed by atoms with Crippen LogP contribution in [0.5, 0.6) is 0 Å². The van der Waals surface area contributed by atoms with Crippen molar-refractivity contribution in [3.05, 3.63) is 59.7 Å². The number of benzene rings is 2. The van der Waals surface area contributed by atoms with Gasteiger partial charge in [0.05, 0.1) is 5.92 Å². The van der Waals surface area contributed by atoms with Crippen LogP contribution in [-0.2, 0) is 4.79 Å². The van der Waals surface area contributed by atoms with E-state index in [4.69, 9.17) is 15.6 Å². The number of hydrogen-bond acceptors (Lipinski definition) is 3. The van der Waals surface area contributed by atoms with Crippen molar-refractivity contribution in [2.24, 2.45) is 11.5 Å². The fourth-order valence-electron chi connectivity index (χ4n) is 2.22. The molecule has 1 aliphatic rings. The Morgan fingerprint density at radius 2 is 1.29 bits per heavy atom. The maximum absolute atomic E-state index is 11.7. The van der Waals surface area contributed by atoms with E-state index in [2.05, 4.69) is 5.73 Å². The maximum atomic E-state index is 11.7. The van der Waals surface area contributed by atoms with Gasteiger partial charge in [-0.25, -0.2) is 4.79 Å². The summed E-state index contributed by atoms with van der Waals surface area (Å²) in [6, 6.07) is 15.9. The second kappa shape index (κ2) is 6.32. The van der Waals surface area contributed by atoms with Crippen LogP contribution in [0.4, 0.5) is 4.79 Å². The van der Waals surface area contributed by atoms with Gasteiger partial charge in [-0.1, -0.05) is 48.2 Å². The minimum absolute atomic E-state index is 0.287. The lowest BCUT2D eigenvalue weighted by atomic mass is 9.90. The minimum Gasteiger partial charge on any atom is -0.465 e. The van der Waals surface area contributed by atoms with Crippen LogP contribution >= 0.6 is 11.8 Å². The van der Waals surface area contributed by atoms with Crippen LogP contribution in [0.25, 0.3) is 0 Å². The summed E-state index contributed by atoms with van der Waals surface area (Å²) < 4.78 is 0. The number of nitrogens with two attached hydrogens (primary N) is 2. The first kappa shape index (κ1) is 14.9. The fourth-order valence-corrected chi connectivity index (χ4v) is 3.35. The van der Waals surface area contributed by atoms with E-state index in [-0.39, 0.29) is 11.8 Å². The third-order valence-corrected chi connectivity index (χ3v) is 4.15. The number of fused-ring (bicyclic) bond motifs is 2. The van der Waals surface area contributed by atoms with Crippen molar-refractivity contribution in [3.8, 4) is 0 Å². The van der Waals surface area contributed by atoms with Gasteiger partial charge in [-0.3, -0.25) is 4.79 Å². The Hall–Kier alpha value is -2.47. The highest BCUT2D eigenvalue weighted by Crippen LogP contribution is 2.45. The third kappa shape index (κ3) is 3.35. The van der Waals surface area contributed by atoms with Crippen LogP contribution in [0.15, 0.2) is 58.3 Å². The molecule has 2 amide bonds. The van der Waals surface area contributed by atoms with Gasteiger partial charge >= 0.3 is 6.09 Å². The van der Waals surface area contributed by atoms with Gasteiger partial charge in [0.2, 0.25) is 5.91 Å². The monoisotopic (exact) mass is 302 g/mol. The lowest BCUT2D eigenvalue weighted by molar-refractivity contribution is -0.118. The Bertz CT molecular complexity index is 639. The van der Waals surface area contributed by atoms with Crippen LogP contribution in [0.2, 0.25) is 0 Å². The number of carbonyl (C=O) groups is 2. The van der Waals surface area contributed by atoms with Gasteiger partial charge in [-0.15, -0.1) is 0 Å². The number of primary amides is 2. The quantitative estimate of drug-likeness (QED) is 0.751. The summed E-state index contributed by atoms with van der Waals surface area (Å²) in [6.07, 6.45) is -1.33. The minimum atomic E-state index is -1.33. The number of carbonyl (C=O) groups excluding carboxylic acids is 1. The van der Waals surface area contributed by atoms with Gasteiger partial charge in [-0.05, 0) is 23.3 Å². The van der Waals surface area contributed by atoms with Crippen LogP contribution in [0, 0.1) is 0 Å². The first-order valence-electron chi connectivity index (χ1n) is 6.14. The van der Waals surface area contributed by atoms with Gasteiger partial charge in [-0.2, -0.15) is 0 Å². The van der Waals surface area contributed by atoms with E-state index in [0.29, 0.717) is 0 Å². The number of carboxylic acid groups (broad SMARTS) is 1. The molecule has 1 heterocycles. The zero-order valence-electron chi connectivity index (χ0n) is 11.0. The van der Waals surface area contributed by atoms with Crippen molar-refractivity contribution in [2.75, 3.05) is 0 Å². The average Bonchev–Trinajstić information content (AvgIpc) is 2.43. The molecule has 3 rings (SSSR count). The molecule has 0 aromatic heterocycles. The van der Waals surface area contributed by atoms with Crippen molar-refractivity contribution < 1.29 is 14.7 Å². The average molecular weight is 302 g/mol. The molecule has 21 heavy (non-hydrogen) atoms. The van der Waals surface area contributed by atoms with Gasteiger partial charge in [0.25, 0.3) is 0 Å². The molecule has 0 saturated heterocycles. The first-order valence-corrected chi connectivity index (χ1v) is 6.95. The highest BCUT2D eigenvalue weighted by atomic mass is 32.2. The smallest absolute Gasteiger partial charge is 0.402 e. The van der Waals surface area contributed by atoms with Gasteiger partial charge < -0.3 is 16.6 Å². The zero-order valence-corrected chi connectivity index (χ0v) is 11.8. The van der Waals surface area contributed by atoms with Gasteiger partial charge in [0.15, 0.2) is 0 Å². The molecule has 0 unspecified atom stereocenters. The summed E-state index contributed by atoms with van der Waals surface area (Å²) in [5, 5.41) is 7.19. The molecule has 0 bridgehead atoms. The predicted molar refractivity (Wildman–Crippen MR) is 80.3 cm³/mol. The fraction of sp³-hybridized carbons (Fsp3) is 0.0667. The Morgan fingerprint density at radius 3 is 1.67 bits per heavy atom. The summed E-state index contributed by atoms with van der Waals surface area (Å²) in [6.45, 7) is 0. The van der Waals surface area contributed by atoms with Crippen molar-refractivity contribution in [2.45, 2.75) is 15.7 Å². The molecule has 1 aliphatic heterocycles. The van der Waals surface area contributed by atoms with E-state index < -0.39 is 6.09 Å². The summed E-state index contributed by atoms with van der Waals surface area (Å²) in [5.74, 6) is -0.603. The molecule has 108 valence electrons. The molecule has 0 spiro atoms. The predicted octanol–water partition coefficient (Wildman–Crippen LogP) is 2.39. The summed E-state index contributed by atoms with van der Waals surface area (Å²) >= 11 is 1.70. The van der Waals surface area contributed by atoms with E-state index in [1.165, 1.54) is 0 Å². The zero-order chi connectivity index (χ0) is 15.4. The van der Waals surface area contributed by atoms with Crippen molar-refractivity contribution in [3.63, 3.8) is 0 Å². The molecule has 0 atom stereocenters. The molecule has 0 saturated carbocycles. The van der Waals surface area contributed by atoms with Crippen molar-refractivity contribution >= 4 is 23.8 Å². The van der Waals surface area contributed by atoms with Crippen LogP contribution in [0.3, 0.4) is 0 Å². The van der Waals surface area contributed by atoms with Crippen LogP contribution < -0.4 is 11.5 Å². The molecular weight excluding hydrogens is 288 g/mol. The Labute approximate surface area is 126 Å². The van der Waals surface area contributed by atoms with Gasteiger partial charge in [0.1, 0.15) is 0 Å². The van der Waals surface area contributed by atoms with E-state index in [1.807, 2.05) is 48.5 Å². The lowest BCUT2D eigenvalue weighted by Gasteiger charge is -2.25. The second-order valence-electron chi connectivity index (χ2n) is 4.35. The van der Waals surface area contributed by atoms with Crippen LogP contribution in [0.1, 0.15) is 17.0 Å². The van der Waals surface area contributed by atoms with E-state index in [9.17, 15) is 4.79 Å². The van der Waals surface area contributed by atoms with Crippen molar-refractivity contribution in [1.82, 2.24) is 0 Å².